The first kappa shape index (κ1) is 30.0. The van der Waals surface area contributed by atoms with Gasteiger partial charge in [-0.25, -0.2) is 4.79 Å². The number of carbonyl (C=O) groups excluding carboxylic acids is 1. The van der Waals surface area contributed by atoms with Crippen molar-refractivity contribution in [2.45, 2.75) is 37.5 Å². The van der Waals surface area contributed by atoms with Gasteiger partial charge in [-0.1, -0.05) is 13.0 Å². The Kier molecular flexibility index (Phi) is 8.37. The first-order valence-electron chi connectivity index (χ1n) is 12.7. The molecule has 0 aromatic heterocycles. The quantitative estimate of drug-likeness (QED) is 0.325. The summed E-state index contributed by atoms with van der Waals surface area (Å²) in [5, 5.41) is 0. The zero-order valence-electron chi connectivity index (χ0n) is 23.9. The molecule has 11 heteroatoms. The average molecular weight is 579 g/mol. The number of allylic oxidation sites excluding steroid dienone is 3. The van der Waals surface area contributed by atoms with Crippen molar-refractivity contribution in [3.05, 3.63) is 70.7 Å². The molecule has 0 saturated carbocycles. The van der Waals surface area contributed by atoms with E-state index in [1.165, 1.54) is 42.7 Å². The van der Waals surface area contributed by atoms with Crippen LogP contribution in [0.15, 0.2) is 54.0 Å². The Bertz CT molecular complexity index is 1370. The molecular formula is C30H33F3O8. The lowest BCUT2D eigenvalue weighted by Gasteiger charge is -2.41. The van der Waals surface area contributed by atoms with Gasteiger partial charge in [0, 0.05) is 58.6 Å². The van der Waals surface area contributed by atoms with Crippen molar-refractivity contribution in [1.29, 1.82) is 0 Å². The molecular weight excluding hydrogens is 545 g/mol. The van der Waals surface area contributed by atoms with E-state index in [4.69, 9.17) is 33.2 Å². The van der Waals surface area contributed by atoms with E-state index in [-0.39, 0.29) is 0 Å². The molecule has 0 fully saturated rings. The second-order valence-corrected chi connectivity index (χ2v) is 10.0. The number of carbonyl (C=O) groups is 1. The lowest BCUT2D eigenvalue weighted by molar-refractivity contribution is -0.206. The number of alkyl halides is 3. The highest BCUT2D eigenvalue weighted by molar-refractivity contribution is 5.76. The maximum absolute atomic E-state index is 13.6. The fourth-order valence-corrected chi connectivity index (χ4v) is 5.97. The van der Waals surface area contributed by atoms with Crippen LogP contribution in [0.3, 0.4) is 0 Å². The van der Waals surface area contributed by atoms with Crippen molar-refractivity contribution in [3.8, 4) is 23.0 Å². The van der Waals surface area contributed by atoms with Crippen LogP contribution in [0.1, 0.15) is 48.0 Å². The Labute approximate surface area is 236 Å². The molecule has 0 heterocycles. The van der Waals surface area contributed by atoms with Crippen molar-refractivity contribution in [2.75, 3.05) is 42.7 Å². The molecule has 2 aromatic carbocycles. The van der Waals surface area contributed by atoms with Crippen molar-refractivity contribution < 1.29 is 51.1 Å². The molecule has 8 nitrogen and oxygen atoms in total. The standard InChI is InChI=1S/C30H33F3O8/c1-29(14-18(37-4)10-19(15-29)38-5)26-24-21(11-17(36-3)13-23(24)40-7)27(41-28(34)30(31,32)33)25(26)20-9-8-16(35-2)12-22(20)39-6/h8-14,25-27H,15H2,1-7H3/t25-,26+,27-,29-/m1/s1. The molecule has 0 radical (unpaired) electrons. The minimum absolute atomic E-state index is 0.328. The van der Waals surface area contributed by atoms with Gasteiger partial charge in [0.05, 0.1) is 42.7 Å². The summed E-state index contributed by atoms with van der Waals surface area (Å²) in [5.41, 5.74) is 0.589. The fourth-order valence-electron chi connectivity index (χ4n) is 5.97. The monoisotopic (exact) mass is 578 g/mol. The number of esters is 1. The molecule has 0 saturated heterocycles. The normalized spacial score (nSPS) is 23.5. The predicted octanol–water partition coefficient (Wildman–Crippen LogP) is 6.22. The Morgan fingerprint density at radius 1 is 0.829 bits per heavy atom. The molecule has 2 aliphatic rings. The maximum Gasteiger partial charge on any atom is 0.490 e. The highest BCUT2D eigenvalue weighted by Crippen LogP contribution is 2.65. The lowest BCUT2D eigenvalue weighted by Crippen LogP contribution is -2.33. The largest absolute Gasteiger partial charge is 0.501 e. The van der Waals surface area contributed by atoms with Gasteiger partial charge < -0.3 is 33.2 Å². The summed E-state index contributed by atoms with van der Waals surface area (Å²) < 4.78 is 79.8. The Balaban J connectivity index is 2.07. The van der Waals surface area contributed by atoms with E-state index in [0.29, 0.717) is 57.6 Å². The zero-order valence-corrected chi connectivity index (χ0v) is 23.9. The molecule has 41 heavy (non-hydrogen) atoms. The van der Waals surface area contributed by atoms with E-state index in [2.05, 4.69) is 0 Å². The van der Waals surface area contributed by atoms with Gasteiger partial charge in [-0.15, -0.1) is 0 Å². The van der Waals surface area contributed by atoms with Crippen LogP contribution in [0.2, 0.25) is 0 Å². The van der Waals surface area contributed by atoms with Gasteiger partial charge in [-0.3, -0.25) is 0 Å². The highest BCUT2D eigenvalue weighted by atomic mass is 19.4. The number of benzene rings is 2. The van der Waals surface area contributed by atoms with Crippen molar-refractivity contribution in [2.24, 2.45) is 5.41 Å². The number of hydrogen-bond acceptors (Lipinski definition) is 8. The van der Waals surface area contributed by atoms with Crippen LogP contribution in [0.4, 0.5) is 13.2 Å². The summed E-state index contributed by atoms with van der Waals surface area (Å²) in [6, 6.07) is 8.26. The number of methoxy groups -OCH3 is 6. The van der Waals surface area contributed by atoms with Crippen LogP contribution in [-0.4, -0.2) is 54.8 Å². The van der Waals surface area contributed by atoms with Crippen LogP contribution in [0.5, 0.6) is 23.0 Å². The number of fused-ring (bicyclic) bond motifs is 1. The van der Waals surface area contributed by atoms with Crippen molar-refractivity contribution in [1.82, 2.24) is 0 Å². The van der Waals surface area contributed by atoms with Gasteiger partial charge >= 0.3 is 12.1 Å². The van der Waals surface area contributed by atoms with E-state index < -0.39 is 35.5 Å². The lowest BCUT2D eigenvalue weighted by atomic mass is 9.64. The Morgan fingerprint density at radius 2 is 1.49 bits per heavy atom. The van der Waals surface area contributed by atoms with Gasteiger partial charge in [-0.2, -0.15) is 13.2 Å². The van der Waals surface area contributed by atoms with Gasteiger partial charge in [0.25, 0.3) is 0 Å². The summed E-state index contributed by atoms with van der Waals surface area (Å²) >= 11 is 0. The molecule has 0 N–H and O–H groups in total. The predicted molar refractivity (Wildman–Crippen MR) is 142 cm³/mol. The number of halogens is 3. The Hall–Kier alpha value is -4.02. The third kappa shape index (κ3) is 5.49. The van der Waals surface area contributed by atoms with Gasteiger partial charge in [0.15, 0.2) is 0 Å². The first-order chi connectivity index (χ1) is 19.4. The summed E-state index contributed by atoms with van der Waals surface area (Å²) in [7, 11) is 8.90. The summed E-state index contributed by atoms with van der Waals surface area (Å²) in [5.74, 6) is -1.14. The van der Waals surface area contributed by atoms with E-state index in [1.54, 1.807) is 36.4 Å². The topological polar surface area (TPSA) is 81.7 Å². The molecule has 222 valence electrons. The SMILES string of the molecule is COC1=C[C@@](C)([C@H]2c3c(OC)cc(OC)cc3[C@@H](OC(=O)C(F)(F)F)[C@@H]2c2ccc(OC)cc2OC)CC(OC)=C1. The van der Waals surface area contributed by atoms with Crippen LogP contribution in [0, 0.1) is 5.41 Å². The second kappa shape index (κ2) is 11.5. The molecule has 0 bridgehead atoms. The molecule has 2 aliphatic carbocycles. The van der Waals surface area contributed by atoms with Crippen molar-refractivity contribution in [3.63, 3.8) is 0 Å². The number of hydrogen-bond donors (Lipinski definition) is 0. The van der Waals surface area contributed by atoms with Gasteiger partial charge in [0.2, 0.25) is 0 Å². The van der Waals surface area contributed by atoms with E-state index in [0.717, 1.165) is 0 Å². The Morgan fingerprint density at radius 3 is 2.05 bits per heavy atom. The molecule has 0 unspecified atom stereocenters. The van der Waals surface area contributed by atoms with E-state index in [9.17, 15) is 18.0 Å². The molecule has 0 amide bonds. The van der Waals surface area contributed by atoms with Crippen LogP contribution < -0.4 is 18.9 Å². The smallest absolute Gasteiger partial charge is 0.490 e. The summed E-state index contributed by atoms with van der Waals surface area (Å²) in [6.07, 6.45) is -2.58. The van der Waals surface area contributed by atoms with Crippen molar-refractivity contribution >= 4 is 5.97 Å². The fraction of sp³-hybridized carbons (Fsp3) is 0.433. The molecule has 4 atom stereocenters. The average Bonchev–Trinajstić information content (AvgIpc) is 3.29. The van der Waals surface area contributed by atoms with Crippen LogP contribution in [-0.2, 0) is 19.0 Å². The minimum atomic E-state index is -5.22. The number of ether oxygens (including phenoxy) is 7. The summed E-state index contributed by atoms with van der Waals surface area (Å²) in [6.45, 7) is 1.95. The van der Waals surface area contributed by atoms with E-state index >= 15 is 0 Å². The second-order valence-electron chi connectivity index (χ2n) is 10.0. The van der Waals surface area contributed by atoms with E-state index in [1.807, 2.05) is 13.0 Å². The molecule has 2 aromatic rings. The number of rotatable bonds is 9. The first-order valence-corrected chi connectivity index (χ1v) is 12.7. The maximum atomic E-state index is 13.6. The minimum Gasteiger partial charge on any atom is -0.501 e. The van der Waals surface area contributed by atoms with Crippen LogP contribution >= 0.6 is 0 Å². The molecule has 0 spiro atoms. The highest BCUT2D eigenvalue weighted by Gasteiger charge is 2.56. The third-order valence-electron chi connectivity index (χ3n) is 7.71. The molecule has 0 aliphatic heterocycles. The third-order valence-corrected chi connectivity index (χ3v) is 7.71. The molecule has 4 rings (SSSR count). The zero-order chi connectivity index (χ0) is 30.1. The van der Waals surface area contributed by atoms with Gasteiger partial charge in [0.1, 0.15) is 40.6 Å². The van der Waals surface area contributed by atoms with Crippen LogP contribution in [0.25, 0.3) is 0 Å². The summed E-state index contributed by atoms with van der Waals surface area (Å²) in [4.78, 5) is 12.4. The van der Waals surface area contributed by atoms with Gasteiger partial charge in [-0.05, 0) is 18.2 Å².